The third-order valence-corrected chi connectivity index (χ3v) is 4.79. The van der Waals surface area contributed by atoms with Gasteiger partial charge in [0.15, 0.2) is 6.54 Å². The first-order chi connectivity index (χ1) is 14.3. The Morgan fingerprint density at radius 1 is 1.13 bits per heavy atom. The average Bonchev–Trinajstić information content (AvgIpc) is 3.31. The summed E-state index contributed by atoms with van der Waals surface area (Å²) >= 11 is 0. The van der Waals surface area contributed by atoms with Crippen molar-refractivity contribution in [2.45, 2.75) is 25.3 Å². The highest BCUT2D eigenvalue weighted by molar-refractivity contribution is 6.11. The van der Waals surface area contributed by atoms with Crippen molar-refractivity contribution < 1.29 is 32.4 Å². The number of anilines is 1. The summed E-state index contributed by atoms with van der Waals surface area (Å²) in [6.45, 7) is 1.59. The maximum absolute atomic E-state index is 14.4. The van der Waals surface area contributed by atoms with Crippen molar-refractivity contribution in [3.8, 4) is 0 Å². The Kier molecular flexibility index (Phi) is 4.81. The first-order valence-electron chi connectivity index (χ1n) is 9.18. The number of amides is 1. The molecule has 3 N–H and O–H groups in total. The lowest BCUT2D eigenvalue weighted by molar-refractivity contribution is -0.568. The summed E-state index contributed by atoms with van der Waals surface area (Å²) in [6, 6.07) is 14.8. The molecule has 0 spiro atoms. The van der Waals surface area contributed by atoms with Crippen molar-refractivity contribution in [3.63, 3.8) is 0 Å². The molecule has 3 heterocycles. The third-order valence-electron chi connectivity index (χ3n) is 4.79. The molecule has 1 amide bonds. The van der Waals surface area contributed by atoms with Gasteiger partial charge < -0.3 is 4.42 Å². The molecule has 4 rings (SSSR count). The van der Waals surface area contributed by atoms with E-state index in [-0.39, 0.29) is 18.2 Å². The first-order valence-corrected chi connectivity index (χ1v) is 9.18. The number of aromatic nitrogens is 1. The normalized spacial score (nSPS) is 19.1. The van der Waals surface area contributed by atoms with Gasteiger partial charge in [-0.15, -0.1) is 0 Å². The minimum Gasteiger partial charge on any atom is -0.465 e. The van der Waals surface area contributed by atoms with Crippen LogP contribution in [0.15, 0.2) is 71.5 Å². The van der Waals surface area contributed by atoms with E-state index < -0.39 is 17.7 Å². The standard InChI is InChI=1S/C21H17F3N4O2/c1-14-9-10-25-17(12-14)26-20(21(22,23)24)19(29)28(13-16-8-5-11-30-16)18(27-20)15-6-3-2-4-7-15/h2-12H,13H2,1H3,(H,25,26)/p+2/t20-/m0/s1. The molecule has 30 heavy (non-hydrogen) atoms. The maximum Gasteiger partial charge on any atom is 0.488 e. The monoisotopic (exact) mass is 416 g/mol. The van der Waals surface area contributed by atoms with Crippen LogP contribution < -0.4 is 15.3 Å². The molecule has 9 heteroatoms. The smallest absolute Gasteiger partial charge is 0.465 e. The van der Waals surface area contributed by atoms with Crippen LogP contribution >= 0.6 is 0 Å². The van der Waals surface area contributed by atoms with Gasteiger partial charge in [-0.05, 0) is 42.8 Å². The molecule has 0 radical (unpaired) electrons. The van der Waals surface area contributed by atoms with Crippen molar-refractivity contribution in [3.05, 3.63) is 83.9 Å². The van der Waals surface area contributed by atoms with E-state index in [4.69, 9.17) is 4.42 Å². The lowest BCUT2D eigenvalue weighted by Gasteiger charge is -2.20. The molecule has 1 aromatic carbocycles. The Bertz CT molecular complexity index is 1080. The van der Waals surface area contributed by atoms with Gasteiger partial charge in [0.05, 0.1) is 18.0 Å². The van der Waals surface area contributed by atoms with Crippen LogP contribution in [0.5, 0.6) is 0 Å². The van der Waals surface area contributed by atoms with E-state index in [1.807, 2.05) is 0 Å². The maximum atomic E-state index is 14.4. The number of amidine groups is 1. The predicted molar refractivity (Wildman–Crippen MR) is 101 cm³/mol. The van der Waals surface area contributed by atoms with E-state index in [1.54, 1.807) is 55.5 Å². The Balaban J connectivity index is 1.84. The number of H-pyrrole nitrogens is 1. The lowest BCUT2D eigenvalue weighted by Crippen LogP contribution is -2.94. The Labute approximate surface area is 170 Å². The molecule has 0 unspecified atom stereocenters. The van der Waals surface area contributed by atoms with Crippen LogP contribution in [-0.4, -0.2) is 28.5 Å². The van der Waals surface area contributed by atoms with E-state index in [2.05, 4.69) is 15.3 Å². The largest absolute Gasteiger partial charge is 0.488 e. The number of aromatic amines is 1. The highest BCUT2D eigenvalue weighted by Crippen LogP contribution is 2.32. The Morgan fingerprint density at radius 2 is 1.90 bits per heavy atom. The number of halogens is 3. The van der Waals surface area contributed by atoms with Crippen LogP contribution in [0.2, 0.25) is 0 Å². The number of aryl methyl sites for hydroxylation is 1. The summed E-state index contributed by atoms with van der Waals surface area (Å²) in [5.41, 5.74) is -1.87. The number of hydrogen-bond donors (Lipinski definition) is 2. The van der Waals surface area contributed by atoms with Crippen molar-refractivity contribution in [2.75, 3.05) is 5.32 Å². The number of alkyl halides is 3. The van der Waals surface area contributed by atoms with Crippen LogP contribution in [0, 0.1) is 6.92 Å². The number of hydrogen-bond acceptors (Lipinski definition) is 3. The van der Waals surface area contributed by atoms with Crippen LogP contribution in [0.4, 0.5) is 19.0 Å². The Hall–Kier alpha value is -3.62. The van der Waals surface area contributed by atoms with Gasteiger partial charge in [-0.3, -0.25) is 0 Å². The van der Waals surface area contributed by atoms with Crippen LogP contribution in [-0.2, 0) is 11.3 Å². The van der Waals surface area contributed by atoms with E-state index in [0.717, 1.165) is 10.5 Å². The molecule has 0 bridgehead atoms. The zero-order valence-electron chi connectivity index (χ0n) is 16.0. The second-order valence-corrected chi connectivity index (χ2v) is 6.96. The number of carbonyl (C=O) groups is 1. The molecule has 1 aliphatic rings. The van der Waals surface area contributed by atoms with Gasteiger partial charge in [0, 0.05) is 6.07 Å². The number of pyridine rings is 1. The molecular weight excluding hydrogens is 397 g/mol. The minimum atomic E-state index is -4.94. The van der Waals surface area contributed by atoms with Crippen molar-refractivity contribution >= 4 is 17.6 Å². The molecule has 0 aliphatic carbocycles. The summed E-state index contributed by atoms with van der Waals surface area (Å²) in [6.07, 6.45) is -2.04. The van der Waals surface area contributed by atoms with Gasteiger partial charge in [0.2, 0.25) is 0 Å². The molecule has 6 nitrogen and oxygen atoms in total. The SMILES string of the molecule is Cc1cc[nH+]c(N[C@]2(C(F)(F)F)[NH+]=C(c3ccccc3)N(Cc3ccco3)C2=O)c1. The number of nitrogens with one attached hydrogen (secondary N) is 3. The number of carbonyl (C=O) groups excluding carboxylic acids is 1. The topological polar surface area (TPSA) is 73.6 Å². The molecule has 1 atom stereocenters. The molecule has 2 aromatic heterocycles. The first kappa shape index (κ1) is 19.7. The van der Waals surface area contributed by atoms with Crippen LogP contribution in [0.25, 0.3) is 0 Å². The molecule has 1 aliphatic heterocycles. The van der Waals surface area contributed by atoms with E-state index in [1.165, 1.54) is 18.5 Å². The average molecular weight is 416 g/mol. The fourth-order valence-electron chi connectivity index (χ4n) is 3.34. The zero-order valence-corrected chi connectivity index (χ0v) is 16.0. The number of benzene rings is 1. The second-order valence-electron chi connectivity index (χ2n) is 6.96. The predicted octanol–water partition coefficient (Wildman–Crippen LogP) is 1.64. The quantitative estimate of drug-likeness (QED) is 0.664. The van der Waals surface area contributed by atoms with Crippen molar-refractivity contribution in [1.29, 1.82) is 0 Å². The highest BCUT2D eigenvalue weighted by Gasteiger charge is 2.75. The molecule has 0 saturated heterocycles. The molecule has 3 aromatic rings. The Morgan fingerprint density at radius 3 is 2.53 bits per heavy atom. The van der Waals surface area contributed by atoms with Gasteiger partial charge >= 0.3 is 17.7 Å². The van der Waals surface area contributed by atoms with Gasteiger partial charge in [0.25, 0.3) is 11.7 Å². The van der Waals surface area contributed by atoms with E-state index >= 15 is 0 Å². The van der Waals surface area contributed by atoms with Gasteiger partial charge in [-0.25, -0.2) is 20.1 Å². The van der Waals surface area contributed by atoms with Gasteiger partial charge in [-0.2, -0.15) is 18.1 Å². The highest BCUT2D eigenvalue weighted by atomic mass is 19.4. The molecule has 154 valence electrons. The van der Waals surface area contributed by atoms with Gasteiger partial charge in [-0.1, -0.05) is 18.2 Å². The van der Waals surface area contributed by atoms with E-state index in [9.17, 15) is 18.0 Å². The third kappa shape index (κ3) is 3.42. The summed E-state index contributed by atoms with van der Waals surface area (Å²) in [5.74, 6) is -0.728. The van der Waals surface area contributed by atoms with Crippen molar-refractivity contribution in [1.82, 2.24) is 4.90 Å². The molecule has 0 fully saturated rings. The summed E-state index contributed by atoms with van der Waals surface area (Å²) in [7, 11) is 0. The summed E-state index contributed by atoms with van der Waals surface area (Å²) in [5, 5.41) is 2.36. The second kappa shape index (κ2) is 7.33. The number of nitrogens with zero attached hydrogens (tertiary/aromatic N) is 1. The van der Waals surface area contributed by atoms with Crippen LogP contribution in [0.3, 0.4) is 0 Å². The van der Waals surface area contributed by atoms with Crippen LogP contribution in [0.1, 0.15) is 16.9 Å². The van der Waals surface area contributed by atoms with Gasteiger partial charge in [0.1, 0.15) is 5.76 Å². The summed E-state index contributed by atoms with van der Waals surface area (Å²) < 4.78 is 48.4. The number of furan rings is 1. The summed E-state index contributed by atoms with van der Waals surface area (Å²) in [4.78, 5) is 19.5. The number of rotatable bonds is 5. The molecule has 0 saturated carbocycles. The fraction of sp³-hybridized carbons (Fsp3) is 0.190. The molecular formula is C21H19F3N4O2+2. The zero-order chi connectivity index (χ0) is 21.4. The lowest BCUT2D eigenvalue weighted by atomic mass is 10.1. The van der Waals surface area contributed by atoms with E-state index in [0.29, 0.717) is 11.3 Å². The fourth-order valence-corrected chi connectivity index (χ4v) is 3.34. The minimum absolute atomic E-state index is 0.0366. The van der Waals surface area contributed by atoms with Crippen molar-refractivity contribution in [2.24, 2.45) is 0 Å².